The van der Waals surface area contributed by atoms with Crippen LogP contribution in [0.2, 0.25) is 0 Å². The first-order valence-electron chi connectivity index (χ1n) is 6.23. The molecule has 0 heterocycles. The zero-order chi connectivity index (χ0) is 15.2. The molecule has 0 aliphatic heterocycles. The second-order valence-corrected chi connectivity index (χ2v) is 5.19. The van der Waals surface area contributed by atoms with E-state index in [0.717, 1.165) is 5.56 Å². The van der Waals surface area contributed by atoms with Crippen LogP contribution in [-0.2, 0) is 13.1 Å². The van der Waals surface area contributed by atoms with Crippen molar-refractivity contribution in [3.05, 3.63) is 63.9 Å². The van der Waals surface area contributed by atoms with Crippen molar-refractivity contribution in [2.24, 2.45) is 0 Å². The summed E-state index contributed by atoms with van der Waals surface area (Å²) in [6.07, 6.45) is 0. The Hall–Kier alpha value is -1.53. The Morgan fingerprint density at radius 3 is 2.57 bits per heavy atom. The highest BCUT2D eigenvalue weighted by Gasteiger charge is 2.08. The van der Waals surface area contributed by atoms with E-state index in [-0.39, 0.29) is 11.6 Å². The van der Waals surface area contributed by atoms with Crippen molar-refractivity contribution < 1.29 is 17.9 Å². The number of rotatable bonds is 6. The van der Waals surface area contributed by atoms with Gasteiger partial charge in [-0.3, -0.25) is 0 Å². The molecule has 0 spiro atoms. The molecule has 2 nitrogen and oxygen atoms in total. The van der Waals surface area contributed by atoms with E-state index in [2.05, 4.69) is 26.0 Å². The predicted octanol–water partition coefficient (Wildman–Crippen LogP) is 4.48. The fraction of sp³-hybridized carbons (Fsp3) is 0.200. The van der Waals surface area contributed by atoms with Crippen molar-refractivity contribution in [3.63, 3.8) is 0 Å². The third-order valence-corrected chi connectivity index (χ3v) is 3.42. The number of hydrogen-bond acceptors (Lipinski definition) is 2. The highest BCUT2D eigenvalue weighted by atomic mass is 79.9. The summed E-state index contributed by atoms with van der Waals surface area (Å²) in [4.78, 5) is 0. The van der Waals surface area contributed by atoms with E-state index < -0.39 is 6.61 Å². The molecule has 1 N–H and O–H groups in total. The van der Waals surface area contributed by atoms with Crippen LogP contribution in [0.5, 0.6) is 5.75 Å². The molecule has 21 heavy (non-hydrogen) atoms. The summed E-state index contributed by atoms with van der Waals surface area (Å²) in [6, 6.07) is 11.3. The maximum atomic E-state index is 13.1. The highest BCUT2D eigenvalue weighted by Crippen LogP contribution is 2.20. The van der Waals surface area contributed by atoms with E-state index >= 15 is 0 Å². The van der Waals surface area contributed by atoms with Crippen LogP contribution < -0.4 is 10.1 Å². The summed E-state index contributed by atoms with van der Waals surface area (Å²) < 4.78 is 42.5. The average Bonchev–Trinajstić information content (AvgIpc) is 2.44. The van der Waals surface area contributed by atoms with Crippen LogP contribution in [0.25, 0.3) is 0 Å². The second-order valence-electron chi connectivity index (χ2n) is 4.34. The van der Waals surface area contributed by atoms with Crippen molar-refractivity contribution in [3.8, 4) is 5.75 Å². The Morgan fingerprint density at radius 1 is 1.10 bits per heavy atom. The van der Waals surface area contributed by atoms with Crippen LogP contribution in [0.4, 0.5) is 13.2 Å². The fourth-order valence-corrected chi connectivity index (χ4v) is 2.28. The van der Waals surface area contributed by atoms with Gasteiger partial charge in [0.15, 0.2) is 0 Å². The number of nitrogens with one attached hydrogen (secondary N) is 1. The molecule has 2 rings (SSSR count). The van der Waals surface area contributed by atoms with Gasteiger partial charge in [0.1, 0.15) is 11.6 Å². The first-order chi connectivity index (χ1) is 10.1. The maximum absolute atomic E-state index is 13.1. The topological polar surface area (TPSA) is 21.3 Å². The van der Waals surface area contributed by atoms with Crippen molar-refractivity contribution in [2.45, 2.75) is 19.7 Å². The van der Waals surface area contributed by atoms with E-state index in [4.69, 9.17) is 0 Å². The number of ether oxygens (including phenoxy) is 1. The first-order valence-corrected chi connectivity index (χ1v) is 7.03. The third kappa shape index (κ3) is 4.75. The zero-order valence-corrected chi connectivity index (χ0v) is 12.5. The van der Waals surface area contributed by atoms with E-state index in [1.165, 1.54) is 12.1 Å². The zero-order valence-electron chi connectivity index (χ0n) is 11.0. The van der Waals surface area contributed by atoms with Gasteiger partial charge in [-0.2, -0.15) is 8.78 Å². The number of hydrogen-bond donors (Lipinski definition) is 1. The molecule has 2 aromatic rings. The normalized spacial score (nSPS) is 10.9. The molecule has 0 bridgehead atoms. The number of benzene rings is 2. The molecule has 0 aromatic heterocycles. The number of halogens is 4. The minimum Gasteiger partial charge on any atom is -0.434 e. The SMILES string of the molecule is Fc1ccc(CNCc2ccccc2OC(F)F)cc1Br. The van der Waals surface area contributed by atoms with Crippen molar-refractivity contribution >= 4 is 15.9 Å². The third-order valence-electron chi connectivity index (χ3n) is 2.82. The Balaban J connectivity index is 1.95. The van der Waals surface area contributed by atoms with Gasteiger partial charge in [0, 0.05) is 18.7 Å². The molecule has 0 fully saturated rings. The smallest absolute Gasteiger partial charge is 0.387 e. The van der Waals surface area contributed by atoms with Gasteiger partial charge in [0.2, 0.25) is 0 Å². The van der Waals surface area contributed by atoms with Gasteiger partial charge in [-0.05, 0) is 39.7 Å². The van der Waals surface area contributed by atoms with E-state index in [1.807, 2.05) is 0 Å². The average molecular weight is 360 g/mol. The van der Waals surface area contributed by atoms with E-state index in [1.54, 1.807) is 30.3 Å². The van der Waals surface area contributed by atoms with Crippen LogP contribution in [0.3, 0.4) is 0 Å². The lowest BCUT2D eigenvalue weighted by atomic mass is 10.2. The minimum atomic E-state index is -2.85. The van der Waals surface area contributed by atoms with E-state index in [9.17, 15) is 13.2 Å². The van der Waals surface area contributed by atoms with Gasteiger partial charge >= 0.3 is 6.61 Å². The predicted molar refractivity (Wildman–Crippen MR) is 77.7 cm³/mol. The lowest BCUT2D eigenvalue weighted by Gasteiger charge is -2.11. The van der Waals surface area contributed by atoms with Gasteiger partial charge in [-0.25, -0.2) is 4.39 Å². The summed E-state index contributed by atoms with van der Waals surface area (Å²) in [6.45, 7) is -1.99. The summed E-state index contributed by atoms with van der Waals surface area (Å²) >= 11 is 3.12. The largest absolute Gasteiger partial charge is 0.434 e. The Bertz CT molecular complexity index is 607. The summed E-state index contributed by atoms with van der Waals surface area (Å²) in [5.41, 5.74) is 1.52. The second kappa shape index (κ2) is 7.47. The fourth-order valence-electron chi connectivity index (χ4n) is 1.85. The molecule has 0 radical (unpaired) electrons. The molecular formula is C15H13BrF3NO. The highest BCUT2D eigenvalue weighted by molar-refractivity contribution is 9.10. The molecule has 112 valence electrons. The molecule has 0 saturated heterocycles. The van der Waals surface area contributed by atoms with Gasteiger partial charge in [0.05, 0.1) is 4.47 Å². The van der Waals surface area contributed by atoms with Crippen LogP contribution in [0.15, 0.2) is 46.9 Å². The lowest BCUT2D eigenvalue weighted by molar-refractivity contribution is -0.0505. The quantitative estimate of drug-likeness (QED) is 0.820. The van der Waals surface area contributed by atoms with Gasteiger partial charge in [0.25, 0.3) is 0 Å². The molecule has 0 amide bonds. The molecule has 2 aromatic carbocycles. The molecule has 0 aliphatic carbocycles. The van der Waals surface area contributed by atoms with Crippen molar-refractivity contribution in [2.75, 3.05) is 0 Å². The van der Waals surface area contributed by atoms with Gasteiger partial charge in [-0.15, -0.1) is 0 Å². The molecule has 0 atom stereocenters. The first kappa shape index (κ1) is 15.9. The number of para-hydroxylation sites is 1. The van der Waals surface area contributed by atoms with Crippen LogP contribution in [0.1, 0.15) is 11.1 Å². The molecule has 6 heteroatoms. The Labute approximate surface area is 129 Å². The van der Waals surface area contributed by atoms with Crippen molar-refractivity contribution in [1.29, 1.82) is 0 Å². The van der Waals surface area contributed by atoms with E-state index in [0.29, 0.717) is 23.1 Å². The van der Waals surface area contributed by atoms with Gasteiger partial charge in [-0.1, -0.05) is 24.3 Å². The molecular weight excluding hydrogens is 347 g/mol. The maximum Gasteiger partial charge on any atom is 0.387 e. The molecule has 0 saturated carbocycles. The lowest BCUT2D eigenvalue weighted by Crippen LogP contribution is -2.14. The molecule has 0 aliphatic rings. The molecule has 0 unspecified atom stereocenters. The van der Waals surface area contributed by atoms with Crippen LogP contribution in [-0.4, -0.2) is 6.61 Å². The number of alkyl halides is 2. The van der Waals surface area contributed by atoms with Crippen LogP contribution >= 0.6 is 15.9 Å². The standard InChI is InChI=1S/C15H13BrF3NO/c16-12-7-10(5-6-13(12)17)8-20-9-11-3-1-2-4-14(11)21-15(18)19/h1-7,15,20H,8-9H2. The summed E-state index contributed by atoms with van der Waals surface area (Å²) in [7, 11) is 0. The monoisotopic (exact) mass is 359 g/mol. The van der Waals surface area contributed by atoms with Gasteiger partial charge < -0.3 is 10.1 Å². The Morgan fingerprint density at radius 2 is 1.86 bits per heavy atom. The van der Waals surface area contributed by atoms with Crippen LogP contribution in [0, 0.1) is 5.82 Å². The summed E-state index contributed by atoms with van der Waals surface area (Å²) in [5, 5.41) is 3.11. The summed E-state index contributed by atoms with van der Waals surface area (Å²) in [5.74, 6) is -0.172. The Kier molecular flexibility index (Phi) is 5.64. The van der Waals surface area contributed by atoms with Crippen molar-refractivity contribution in [1.82, 2.24) is 5.32 Å². The minimum absolute atomic E-state index is 0.153.